The van der Waals surface area contributed by atoms with Gasteiger partial charge in [-0.1, -0.05) is 58.7 Å². The Bertz CT molecular complexity index is 791. The van der Waals surface area contributed by atoms with Gasteiger partial charge in [0.1, 0.15) is 5.69 Å². The molecular formula is C17H15ClN2O. The molecule has 4 heteroatoms. The molecule has 0 radical (unpaired) electrons. The van der Waals surface area contributed by atoms with Crippen LogP contribution in [0, 0.1) is 13.8 Å². The number of halogens is 1. The van der Waals surface area contributed by atoms with E-state index in [2.05, 4.69) is 5.16 Å². The molecule has 0 atom stereocenters. The molecule has 2 aromatic carbocycles. The van der Waals surface area contributed by atoms with Crippen LogP contribution in [0.25, 0.3) is 22.4 Å². The molecule has 0 aliphatic carbocycles. The van der Waals surface area contributed by atoms with Crippen molar-refractivity contribution in [3.05, 3.63) is 58.6 Å². The summed E-state index contributed by atoms with van der Waals surface area (Å²) < 4.78 is 5.19. The lowest BCUT2D eigenvalue weighted by molar-refractivity contribution is 0.439. The van der Waals surface area contributed by atoms with Gasteiger partial charge in [0, 0.05) is 5.56 Å². The van der Waals surface area contributed by atoms with Crippen molar-refractivity contribution in [1.82, 2.24) is 5.16 Å². The predicted molar refractivity (Wildman–Crippen MR) is 86.3 cm³/mol. The maximum atomic E-state index is 6.34. The molecule has 0 saturated carbocycles. The first-order chi connectivity index (χ1) is 10.1. The number of rotatable bonds is 2. The number of nitrogen functional groups attached to an aromatic ring is 1. The molecule has 0 amide bonds. The van der Waals surface area contributed by atoms with E-state index in [1.165, 1.54) is 5.56 Å². The van der Waals surface area contributed by atoms with Crippen LogP contribution in [0.2, 0.25) is 5.02 Å². The van der Waals surface area contributed by atoms with Crippen molar-refractivity contribution in [1.29, 1.82) is 0 Å². The summed E-state index contributed by atoms with van der Waals surface area (Å²) in [7, 11) is 0. The SMILES string of the molecule is Cc1ccc(-c2c(-c3ccc(C)cc3Cl)noc2N)cc1. The molecule has 0 unspecified atom stereocenters. The highest BCUT2D eigenvalue weighted by Crippen LogP contribution is 2.39. The van der Waals surface area contributed by atoms with Crippen LogP contribution in [0.1, 0.15) is 11.1 Å². The average Bonchev–Trinajstić information content (AvgIpc) is 2.82. The monoisotopic (exact) mass is 298 g/mol. The minimum Gasteiger partial charge on any atom is -0.367 e. The smallest absolute Gasteiger partial charge is 0.230 e. The first-order valence-electron chi connectivity index (χ1n) is 6.65. The zero-order chi connectivity index (χ0) is 15.0. The minimum atomic E-state index is 0.297. The van der Waals surface area contributed by atoms with Gasteiger partial charge in [-0.25, -0.2) is 0 Å². The molecule has 3 rings (SSSR count). The number of benzene rings is 2. The Labute approximate surface area is 128 Å². The second kappa shape index (κ2) is 5.26. The summed E-state index contributed by atoms with van der Waals surface area (Å²) >= 11 is 6.34. The van der Waals surface area contributed by atoms with Crippen LogP contribution in [0.3, 0.4) is 0 Å². The Morgan fingerprint density at radius 2 is 1.67 bits per heavy atom. The average molecular weight is 299 g/mol. The number of hydrogen-bond donors (Lipinski definition) is 1. The first-order valence-corrected chi connectivity index (χ1v) is 7.03. The molecular weight excluding hydrogens is 284 g/mol. The zero-order valence-electron chi connectivity index (χ0n) is 11.9. The summed E-state index contributed by atoms with van der Waals surface area (Å²) in [5.41, 5.74) is 11.5. The zero-order valence-corrected chi connectivity index (χ0v) is 12.6. The number of anilines is 1. The Balaban J connectivity index is 2.19. The molecule has 1 aromatic heterocycles. The van der Waals surface area contributed by atoms with Gasteiger partial charge in [0.25, 0.3) is 0 Å². The topological polar surface area (TPSA) is 52.0 Å². The largest absolute Gasteiger partial charge is 0.367 e. The molecule has 3 aromatic rings. The van der Waals surface area contributed by atoms with Crippen LogP contribution in [0.4, 0.5) is 5.88 Å². The van der Waals surface area contributed by atoms with Crippen LogP contribution >= 0.6 is 11.6 Å². The van der Waals surface area contributed by atoms with Crippen molar-refractivity contribution in [2.75, 3.05) is 5.73 Å². The number of aryl methyl sites for hydroxylation is 2. The Morgan fingerprint density at radius 3 is 2.33 bits per heavy atom. The number of nitrogens with zero attached hydrogens (tertiary/aromatic N) is 1. The van der Waals surface area contributed by atoms with E-state index >= 15 is 0 Å². The van der Waals surface area contributed by atoms with E-state index in [1.54, 1.807) is 0 Å². The van der Waals surface area contributed by atoms with Crippen LogP contribution < -0.4 is 5.73 Å². The van der Waals surface area contributed by atoms with Gasteiger partial charge in [-0.15, -0.1) is 0 Å². The Hall–Kier alpha value is -2.26. The second-order valence-corrected chi connectivity index (χ2v) is 5.53. The highest BCUT2D eigenvalue weighted by Gasteiger charge is 2.19. The van der Waals surface area contributed by atoms with Gasteiger partial charge in [-0.2, -0.15) is 0 Å². The number of hydrogen-bond acceptors (Lipinski definition) is 3. The predicted octanol–water partition coefficient (Wildman–Crippen LogP) is 4.86. The second-order valence-electron chi connectivity index (χ2n) is 5.12. The first kappa shape index (κ1) is 13.7. The molecule has 0 fully saturated rings. The van der Waals surface area contributed by atoms with Gasteiger partial charge < -0.3 is 10.3 Å². The van der Waals surface area contributed by atoms with Gasteiger partial charge in [0.15, 0.2) is 0 Å². The van der Waals surface area contributed by atoms with Crippen LogP contribution in [0.15, 0.2) is 47.0 Å². The van der Waals surface area contributed by atoms with Crippen LogP contribution in [-0.4, -0.2) is 5.16 Å². The molecule has 3 nitrogen and oxygen atoms in total. The van der Waals surface area contributed by atoms with Gasteiger partial charge in [-0.3, -0.25) is 0 Å². The third-order valence-electron chi connectivity index (χ3n) is 3.44. The normalized spacial score (nSPS) is 10.8. The van der Waals surface area contributed by atoms with E-state index in [1.807, 2.05) is 56.3 Å². The molecule has 21 heavy (non-hydrogen) atoms. The lowest BCUT2D eigenvalue weighted by Gasteiger charge is -2.06. The van der Waals surface area contributed by atoms with E-state index in [0.717, 1.165) is 22.3 Å². The van der Waals surface area contributed by atoms with E-state index in [4.69, 9.17) is 21.9 Å². The Kier molecular flexibility index (Phi) is 3.43. The fraction of sp³-hybridized carbons (Fsp3) is 0.118. The molecule has 0 saturated heterocycles. The van der Waals surface area contributed by atoms with E-state index in [9.17, 15) is 0 Å². The van der Waals surface area contributed by atoms with Gasteiger partial charge in [-0.05, 0) is 31.0 Å². The number of nitrogens with two attached hydrogens (primary N) is 1. The summed E-state index contributed by atoms with van der Waals surface area (Å²) in [5.74, 6) is 0.297. The molecule has 2 N–H and O–H groups in total. The maximum absolute atomic E-state index is 6.34. The lowest BCUT2D eigenvalue weighted by atomic mass is 9.99. The maximum Gasteiger partial charge on any atom is 0.230 e. The van der Waals surface area contributed by atoms with Crippen molar-refractivity contribution in [2.45, 2.75) is 13.8 Å². The molecule has 0 aliphatic rings. The number of aromatic nitrogens is 1. The summed E-state index contributed by atoms with van der Waals surface area (Å²) in [6.07, 6.45) is 0. The fourth-order valence-corrected chi connectivity index (χ4v) is 2.62. The highest BCUT2D eigenvalue weighted by molar-refractivity contribution is 6.33. The summed E-state index contributed by atoms with van der Waals surface area (Å²) in [5, 5.41) is 4.73. The quantitative estimate of drug-likeness (QED) is 0.735. The van der Waals surface area contributed by atoms with Gasteiger partial charge in [0.2, 0.25) is 5.88 Å². The molecule has 0 spiro atoms. The highest BCUT2D eigenvalue weighted by atomic mass is 35.5. The van der Waals surface area contributed by atoms with E-state index in [-0.39, 0.29) is 0 Å². The molecule has 0 bridgehead atoms. The van der Waals surface area contributed by atoms with Crippen LogP contribution in [-0.2, 0) is 0 Å². The summed E-state index contributed by atoms with van der Waals surface area (Å²) in [6, 6.07) is 13.9. The minimum absolute atomic E-state index is 0.297. The van der Waals surface area contributed by atoms with Crippen molar-refractivity contribution in [3.8, 4) is 22.4 Å². The third kappa shape index (κ3) is 2.52. The molecule has 106 valence electrons. The van der Waals surface area contributed by atoms with Crippen LogP contribution in [0.5, 0.6) is 0 Å². The molecule has 1 heterocycles. The van der Waals surface area contributed by atoms with Crippen molar-refractivity contribution < 1.29 is 4.52 Å². The standard InChI is InChI=1S/C17H15ClN2O/c1-10-3-6-12(7-4-10)15-16(20-21-17(15)19)13-8-5-11(2)9-14(13)18/h3-9H,19H2,1-2H3. The summed E-state index contributed by atoms with van der Waals surface area (Å²) in [4.78, 5) is 0. The Morgan fingerprint density at radius 1 is 1.00 bits per heavy atom. The lowest BCUT2D eigenvalue weighted by Crippen LogP contribution is -1.89. The third-order valence-corrected chi connectivity index (χ3v) is 3.75. The van der Waals surface area contributed by atoms with Crippen molar-refractivity contribution >= 4 is 17.5 Å². The summed E-state index contributed by atoms with van der Waals surface area (Å²) in [6.45, 7) is 4.03. The van der Waals surface area contributed by atoms with Crippen molar-refractivity contribution in [2.24, 2.45) is 0 Å². The van der Waals surface area contributed by atoms with Crippen molar-refractivity contribution in [3.63, 3.8) is 0 Å². The van der Waals surface area contributed by atoms with Gasteiger partial charge >= 0.3 is 0 Å². The molecule has 0 aliphatic heterocycles. The van der Waals surface area contributed by atoms with E-state index in [0.29, 0.717) is 16.6 Å². The van der Waals surface area contributed by atoms with Gasteiger partial charge in [0.05, 0.1) is 10.6 Å². The fourth-order valence-electron chi connectivity index (χ4n) is 2.30. The van der Waals surface area contributed by atoms with E-state index < -0.39 is 0 Å².